The van der Waals surface area contributed by atoms with E-state index in [0.717, 1.165) is 18.5 Å². The van der Waals surface area contributed by atoms with Gasteiger partial charge in [-0.25, -0.2) is 0 Å². The van der Waals surface area contributed by atoms with Crippen LogP contribution in [0.1, 0.15) is 18.9 Å². The van der Waals surface area contributed by atoms with Crippen molar-refractivity contribution < 1.29 is 4.79 Å². The molecule has 0 unspecified atom stereocenters. The number of thiocarbonyl (C=S) groups is 1. The topological polar surface area (TPSA) is 41.1 Å². The molecule has 1 rings (SSSR count). The Balaban J connectivity index is 2.50. The number of hydrogen-bond acceptors (Lipinski definition) is 2. The molecule has 1 amide bonds. The summed E-state index contributed by atoms with van der Waals surface area (Å²) in [6, 6.07) is 7.30. The molecule has 2 N–H and O–H groups in total. The Kier molecular flexibility index (Phi) is 6.39. The summed E-state index contributed by atoms with van der Waals surface area (Å²) in [5, 5.41) is 6.41. The number of benzene rings is 1. The van der Waals surface area contributed by atoms with E-state index >= 15 is 0 Å². The van der Waals surface area contributed by atoms with Crippen molar-refractivity contribution in [2.24, 2.45) is 0 Å². The lowest BCUT2D eigenvalue weighted by atomic mass is 10.2. The van der Waals surface area contributed by atoms with Gasteiger partial charge in [-0.1, -0.05) is 36.7 Å². The predicted octanol–water partition coefficient (Wildman–Crippen LogP) is 2.75. The quantitative estimate of drug-likeness (QED) is 0.659. The largest absolute Gasteiger partial charge is 0.362 e. The van der Waals surface area contributed by atoms with E-state index in [1.807, 2.05) is 25.1 Å². The summed E-state index contributed by atoms with van der Waals surface area (Å²) in [7, 11) is 0. The minimum absolute atomic E-state index is 0.275. The van der Waals surface area contributed by atoms with Crippen molar-refractivity contribution in [2.45, 2.75) is 13.3 Å². The number of carbonyl (C=O) groups is 1. The molecular formula is C13H15ClN2OS. The molecule has 1 aromatic carbocycles. The van der Waals surface area contributed by atoms with Crippen molar-refractivity contribution in [3.05, 3.63) is 40.9 Å². The molecule has 18 heavy (non-hydrogen) atoms. The molecule has 0 aliphatic heterocycles. The van der Waals surface area contributed by atoms with Gasteiger partial charge in [0.25, 0.3) is 0 Å². The zero-order valence-corrected chi connectivity index (χ0v) is 11.6. The maximum atomic E-state index is 11.5. The van der Waals surface area contributed by atoms with Crippen LogP contribution in [-0.4, -0.2) is 17.6 Å². The van der Waals surface area contributed by atoms with Crippen LogP contribution in [0.25, 0.3) is 6.08 Å². The van der Waals surface area contributed by atoms with Crippen LogP contribution in [0.3, 0.4) is 0 Å². The fraction of sp³-hybridized carbons (Fsp3) is 0.231. The van der Waals surface area contributed by atoms with Crippen LogP contribution < -0.4 is 10.6 Å². The van der Waals surface area contributed by atoms with E-state index in [0.29, 0.717) is 10.1 Å². The van der Waals surface area contributed by atoms with Gasteiger partial charge in [-0.2, -0.15) is 0 Å². The summed E-state index contributed by atoms with van der Waals surface area (Å²) >= 11 is 10.9. The van der Waals surface area contributed by atoms with Crippen LogP contribution in [0.2, 0.25) is 5.02 Å². The third-order valence-corrected chi connectivity index (χ3v) is 2.68. The van der Waals surface area contributed by atoms with Gasteiger partial charge in [0.15, 0.2) is 5.11 Å². The minimum Gasteiger partial charge on any atom is -0.362 e. The van der Waals surface area contributed by atoms with E-state index in [1.165, 1.54) is 6.08 Å². The van der Waals surface area contributed by atoms with Crippen LogP contribution in [0.5, 0.6) is 0 Å². The van der Waals surface area contributed by atoms with Gasteiger partial charge >= 0.3 is 0 Å². The molecule has 3 nitrogen and oxygen atoms in total. The number of hydrogen-bond donors (Lipinski definition) is 2. The van der Waals surface area contributed by atoms with E-state index in [1.54, 1.807) is 12.1 Å². The average Bonchev–Trinajstić information content (AvgIpc) is 2.35. The van der Waals surface area contributed by atoms with E-state index < -0.39 is 0 Å². The first kappa shape index (κ1) is 14.7. The Morgan fingerprint density at radius 1 is 1.44 bits per heavy atom. The number of carbonyl (C=O) groups excluding carboxylic acids is 1. The molecule has 0 atom stereocenters. The average molecular weight is 283 g/mol. The first-order valence-corrected chi connectivity index (χ1v) is 6.43. The van der Waals surface area contributed by atoms with E-state index in [2.05, 4.69) is 10.6 Å². The highest BCUT2D eigenvalue weighted by Crippen LogP contribution is 2.15. The Bertz CT molecular complexity index is 460. The zero-order chi connectivity index (χ0) is 13.4. The van der Waals surface area contributed by atoms with Crippen LogP contribution in [-0.2, 0) is 4.79 Å². The Hall–Kier alpha value is -1.39. The molecule has 0 saturated carbocycles. The summed E-state index contributed by atoms with van der Waals surface area (Å²) in [4.78, 5) is 11.5. The van der Waals surface area contributed by atoms with Crippen molar-refractivity contribution in [1.29, 1.82) is 0 Å². The van der Waals surface area contributed by atoms with Crippen molar-refractivity contribution in [3.63, 3.8) is 0 Å². The van der Waals surface area contributed by atoms with Crippen LogP contribution in [0.4, 0.5) is 0 Å². The molecule has 0 aliphatic rings. The first-order valence-electron chi connectivity index (χ1n) is 5.65. The second kappa shape index (κ2) is 7.84. The Labute approximate surface area is 117 Å². The van der Waals surface area contributed by atoms with Crippen molar-refractivity contribution >= 4 is 40.9 Å². The smallest absolute Gasteiger partial charge is 0.250 e. The van der Waals surface area contributed by atoms with Crippen molar-refractivity contribution in [2.75, 3.05) is 6.54 Å². The fourth-order valence-corrected chi connectivity index (χ4v) is 1.61. The molecule has 0 saturated heterocycles. The molecule has 0 spiro atoms. The third-order valence-electron chi connectivity index (χ3n) is 2.09. The van der Waals surface area contributed by atoms with E-state index in [9.17, 15) is 4.79 Å². The molecule has 5 heteroatoms. The van der Waals surface area contributed by atoms with Gasteiger partial charge < -0.3 is 5.32 Å². The normalized spacial score (nSPS) is 10.3. The van der Waals surface area contributed by atoms with Gasteiger partial charge in [0.05, 0.1) is 0 Å². The zero-order valence-electron chi connectivity index (χ0n) is 10.1. The fourth-order valence-electron chi connectivity index (χ4n) is 1.21. The van der Waals surface area contributed by atoms with Gasteiger partial charge in [0, 0.05) is 17.6 Å². The van der Waals surface area contributed by atoms with Gasteiger partial charge in [-0.05, 0) is 36.3 Å². The highest BCUT2D eigenvalue weighted by molar-refractivity contribution is 7.80. The van der Waals surface area contributed by atoms with Gasteiger partial charge in [0.2, 0.25) is 5.91 Å². The van der Waals surface area contributed by atoms with Gasteiger partial charge in [-0.15, -0.1) is 0 Å². The second-order valence-electron chi connectivity index (χ2n) is 3.60. The number of nitrogens with one attached hydrogen (secondary N) is 2. The Morgan fingerprint density at radius 2 is 2.17 bits per heavy atom. The highest BCUT2D eigenvalue weighted by atomic mass is 35.5. The maximum absolute atomic E-state index is 11.5. The number of halogens is 1. The first-order chi connectivity index (χ1) is 8.63. The predicted molar refractivity (Wildman–Crippen MR) is 79.5 cm³/mol. The highest BCUT2D eigenvalue weighted by Gasteiger charge is 2.00. The Morgan fingerprint density at radius 3 is 2.83 bits per heavy atom. The third kappa shape index (κ3) is 5.29. The molecular weight excluding hydrogens is 268 g/mol. The van der Waals surface area contributed by atoms with Crippen LogP contribution in [0, 0.1) is 0 Å². The van der Waals surface area contributed by atoms with Crippen molar-refractivity contribution in [3.8, 4) is 0 Å². The van der Waals surface area contributed by atoms with E-state index in [4.69, 9.17) is 23.8 Å². The van der Waals surface area contributed by atoms with Crippen molar-refractivity contribution in [1.82, 2.24) is 10.6 Å². The lowest BCUT2D eigenvalue weighted by Gasteiger charge is -2.05. The summed E-state index contributed by atoms with van der Waals surface area (Å²) in [5.41, 5.74) is 0.793. The molecule has 0 aromatic heterocycles. The molecule has 1 aromatic rings. The molecule has 96 valence electrons. The molecule has 0 aliphatic carbocycles. The SMILES string of the molecule is CCCNC(=S)NC(=O)C=Cc1ccccc1Cl. The molecule has 0 heterocycles. The molecule has 0 radical (unpaired) electrons. The summed E-state index contributed by atoms with van der Waals surface area (Å²) in [6.45, 7) is 2.77. The lowest BCUT2D eigenvalue weighted by Crippen LogP contribution is -2.38. The monoisotopic (exact) mass is 282 g/mol. The standard InChI is InChI=1S/C13H15ClN2OS/c1-2-9-15-13(18)16-12(17)8-7-10-5-3-4-6-11(10)14/h3-8H,2,9H2,1H3,(H2,15,16,17,18). The second-order valence-corrected chi connectivity index (χ2v) is 4.42. The van der Waals surface area contributed by atoms with Crippen LogP contribution in [0.15, 0.2) is 30.3 Å². The number of amides is 1. The van der Waals surface area contributed by atoms with Gasteiger partial charge in [0.1, 0.15) is 0 Å². The minimum atomic E-state index is -0.275. The summed E-state index contributed by atoms with van der Waals surface area (Å²) < 4.78 is 0. The molecule has 0 bridgehead atoms. The summed E-state index contributed by atoms with van der Waals surface area (Å²) in [5.74, 6) is -0.275. The van der Waals surface area contributed by atoms with Crippen LogP contribution >= 0.6 is 23.8 Å². The molecule has 0 fully saturated rings. The number of rotatable bonds is 4. The van der Waals surface area contributed by atoms with Gasteiger partial charge in [-0.3, -0.25) is 10.1 Å². The lowest BCUT2D eigenvalue weighted by molar-refractivity contribution is -0.115. The maximum Gasteiger partial charge on any atom is 0.250 e. The van der Waals surface area contributed by atoms with E-state index in [-0.39, 0.29) is 5.91 Å². The summed E-state index contributed by atoms with van der Waals surface area (Å²) in [6.07, 6.45) is 4.01.